The molecule has 2 aromatic rings. The quantitative estimate of drug-likeness (QED) is 0.459. The first-order valence-electron chi connectivity index (χ1n) is 9.53. The average Bonchev–Trinajstić information content (AvgIpc) is 2.75. The summed E-state index contributed by atoms with van der Waals surface area (Å²) in [5, 5.41) is 13.8. The molecule has 0 radical (unpaired) electrons. The second kappa shape index (κ2) is 11.0. The van der Waals surface area contributed by atoms with Crippen molar-refractivity contribution in [2.45, 2.75) is 20.4 Å². The normalized spacial score (nSPS) is 10.6. The highest BCUT2D eigenvalue weighted by atomic mass is 16.6. The molecule has 0 atom stereocenters. The molecule has 0 heterocycles. The third kappa shape index (κ3) is 6.18. The van der Waals surface area contributed by atoms with Gasteiger partial charge in [0, 0.05) is 19.2 Å². The molecule has 0 aromatic heterocycles. The van der Waals surface area contributed by atoms with E-state index in [2.05, 4.69) is 24.1 Å². The zero-order chi connectivity index (χ0) is 21.2. The van der Waals surface area contributed by atoms with E-state index in [0.29, 0.717) is 18.1 Å². The van der Waals surface area contributed by atoms with Crippen molar-refractivity contribution < 1.29 is 19.2 Å². The second-order valence-corrected chi connectivity index (χ2v) is 6.32. The van der Waals surface area contributed by atoms with Crippen LogP contribution in [0.15, 0.2) is 42.5 Å². The predicted molar refractivity (Wildman–Crippen MR) is 111 cm³/mol. The van der Waals surface area contributed by atoms with Crippen molar-refractivity contribution in [3.63, 3.8) is 0 Å². The van der Waals surface area contributed by atoms with Gasteiger partial charge in [0.2, 0.25) is 0 Å². The van der Waals surface area contributed by atoms with E-state index in [1.165, 1.54) is 18.2 Å². The molecule has 156 valence electrons. The summed E-state index contributed by atoms with van der Waals surface area (Å²) in [6.07, 6.45) is 0. The Kier molecular flexibility index (Phi) is 8.42. The van der Waals surface area contributed by atoms with Gasteiger partial charge in [-0.1, -0.05) is 32.0 Å². The van der Waals surface area contributed by atoms with Crippen molar-refractivity contribution in [3.8, 4) is 11.5 Å². The third-order valence-corrected chi connectivity index (χ3v) is 4.59. The summed E-state index contributed by atoms with van der Waals surface area (Å²) in [4.78, 5) is 25.1. The molecule has 2 aromatic carbocycles. The molecule has 0 bridgehead atoms. The van der Waals surface area contributed by atoms with Gasteiger partial charge >= 0.3 is 0 Å². The minimum Gasteiger partial charge on any atom is -0.493 e. The molecule has 0 saturated carbocycles. The van der Waals surface area contributed by atoms with Crippen LogP contribution in [-0.2, 0) is 6.54 Å². The van der Waals surface area contributed by atoms with E-state index in [4.69, 9.17) is 9.47 Å². The monoisotopic (exact) mass is 401 g/mol. The third-order valence-electron chi connectivity index (χ3n) is 4.59. The number of methoxy groups -OCH3 is 1. The summed E-state index contributed by atoms with van der Waals surface area (Å²) in [6, 6.07) is 11.3. The molecular weight excluding hydrogens is 374 g/mol. The minimum absolute atomic E-state index is 0.0285. The first-order chi connectivity index (χ1) is 14.0. The molecule has 8 nitrogen and oxygen atoms in total. The van der Waals surface area contributed by atoms with Crippen LogP contribution in [0.4, 0.5) is 5.69 Å². The lowest BCUT2D eigenvalue weighted by atomic mass is 10.1. The number of hydrogen-bond acceptors (Lipinski definition) is 6. The standard InChI is InChI=1S/C21H27N3O5/c1-4-23(5-2)12-13-29-19-11-10-16(14-20(19)28-3)15-22-21(25)17-8-6-7-9-18(17)24(26)27/h6-11,14H,4-5,12-13,15H2,1-3H3,(H,22,25). The molecule has 0 aliphatic rings. The first-order valence-corrected chi connectivity index (χ1v) is 9.53. The van der Waals surface area contributed by atoms with Crippen molar-refractivity contribution in [1.82, 2.24) is 10.2 Å². The Morgan fingerprint density at radius 2 is 1.86 bits per heavy atom. The number of nitro benzene ring substituents is 1. The highest BCUT2D eigenvalue weighted by Crippen LogP contribution is 2.28. The number of likely N-dealkylation sites (N-methyl/N-ethyl adjacent to an activating group) is 1. The molecule has 2 rings (SSSR count). The van der Waals surface area contributed by atoms with Crippen LogP contribution in [0.2, 0.25) is 0 Å². The maximum absolute atomic E-state index is 12.4. The molecule has 0 aliphatic heterocycles. The van der Waals surface area contributed by atoms with Crippen molar-refractivity contribution in [2.24, 2.45) is 0 Å². The summed E-state index contributed by atoms with van der Waals surface area (Å²) in [7, 11) is 1.56. The topological polar surface area (TPSA) is 93.9 Å². The maximum Gasteiger partial charge on any atom is 0.282 e. The van der Waals surface area contributed by atoms with Crippen LogP contribution in [0.1, 0.15) is 29.8 Å². The van der Waals surface area contributed by atoms with Gasteiger partial charge in [0.15, 0.2) is 11.5 Å². The van der Waals surface area contributed by atoms with E-state index in [-0.39, 0.29) is 17.8 Å². The lowest BCUT2D eigenvalue weighted by Gasteiger charge is -2.19. The fourth-order valence-corrected chi connectivity index (χ4v) is 2.87. The molecule has 29 heavy (non-hydrogen) atoms. The van der Waals surface area contributed by atoms with Gasteiger partial charge in [0.05, 0.1) is 12.0 Å². The highest BCUT2D eigenvalue weighted by molar-refractivity contribution is 5.98. The summed E-state index contributed by atoms with van der Waals surface area (Å²) in [5.41, 5.74) is 0.602. The van der Waals surface area contributed by atoms with Crippen molar-refractivity contribution in [1.29, 1.82) is 0 Å². The van der Waals surface area contributed by atoms with E-state index in [1.54, 1.807) is 25.3 Å². The number of nitrogens with zero attached hydrogens (tertiary/aromatic N) is 2. The Morgan fingerprint density at radius 3 is 2.52 bits per heavy atom. The number of ether oxygens (including phenoxy) is 2. The molecule has 8 heteroatoms. The number of amides is 1. The van der Waals surface area contributed by atoms with Crippen molar-refractivity contribution >= 4 is 11.6 Å². The van der Waals surface area contributed by atoms with Gasteiger partial charge < -0.3 is 19.7 Å². The molecule has 0 aliphatic carbocycles. The van der Waals surface area contributed by atoms with Gasteiger partial charge in [-0.05, 0) is 36.9 Å². The van der Waals surface area contributed by atoms with Gasteiger partial charge in [-0.2, -0.15) is 0 Å². The van der Waals surface area contributed by atoms with E-state index < -0.39 is 10.8 Å². The van der Waals surface area contributed by atoms with Crippen LogP contribution in [0.25, 0.3) is 0 Å². The van der Waals surface area contributed by atoms with E-state index in [9.17, 15) is 14.9 Å². The maximum atomic E-state index is 12.4. The van der Waals surface area contributed by atoms with Gasteiger partial charge in [-0.25, -0.2) is 0 Å². The van der Waals surface area contributed by atoms with Gasteiger partial charge in [0.1, 0.15) is 12.2 Å². The van der Waals surface area contributed by atoms with Crippen LogP contribution >= 0.6 is 0 Å². The second-order valence-electron chi connectivity index (χ2n) is 6.32. The Balaban J connectivity index is 2.00. The lowest BCUT2D eigenvalue weighted by molar-refractivity contribution is -0.385. The first kappa shape index (κ1) is 22.2. The number of para-hydroxylation sites is 1. The van der Waals surface area contributed by atoms with E-state index in [0.717, 1.165) is 25.2 Å². The van der Waals surface area contributed by atoms with Gasteiger partial charge in [0.25, 0.3) is 11.6 Å². The fourth-order valence-electron chi connectivity index (χ4n) is 2.87. The molecule has 1 N–H and O–H groups in total. The summed E-state index contributed by atoms with van der Waals surface area (Å²) < 4.78 is 11.2. The number of benzene rings is 2. The van der Waals surface area contributed by atoms with Gasteiger partial charge in [-0.3, -0.25) is 14.9 Å². The van der Waals surface area contributed by atoms with Crippen LogP contribution in [0.3, 0.4) is 0 Å². The van der Waals surface area contributed by atoms with Crippen LogP contribution in [-0.4, -0.2) is 49.1 Å². The molecule has 0 spiro atoms. The molecule has 0 saturated heterocycles. The van der Waals surface area contributed by atoms with Crippen molar-refractivity contribution in [2.75, 3.05) is 33.4 Å². The van der Waals surface area contributed by atoms with Crippen LogP contribution in [0, 0.1) is 10.1 Å². The lowest BCUT2D eigenvalue weighted by Crippen LogP contribution is -2.28. The van der Waals surface area contributed by atoms with Gasteiger partial charge in [-0.15, -0.1) is 0 Å². The summed E-state index contributed by atoms with van der Waals surface area (Å²) in [5.74, 6) is 0.700. The largest absolute Gasteiger partial charge is 0.493 e. The Bertz CT molecular complexity index is 837. The Hall–Kier alpha value is -3.13. The zero-order valence-electron chi connectivity index (χ0n) is 17.0. The number of hydrogen-bond donors (Lipinski definition) is 1. The van der Waals surface area contributed by atoms with Crippen LogP contribution < -0.4 is 14.8 Å². The SMILES string of the molecule is CCN(CC)CCOc1ccc(CNC(=O)c2ccccc2[N+](=O)[O-])cc1OC. The van der Waals surface area contributed by atoms with Crippen LogP contribution in [0.5, 0.6) is 11.5 Å². The molecule has 0 fully saturated rings. The number of carbonyl (C=O) groups excluding carboxylic acids is 1. The average molecular weight is 401 g/mol. The Morgan fingerprint density at radius 1 is 1.14 bits per heavy atom. The minimum atomic E-state index is -0.567. The highest BCUT2D eigenvalue weighted by Gasteiger charge is 2.19. The Labute approximate surface area is 170 Å². The molecule has 1 amide bonds. The molecule has 0 unspecified atom stereocenters. The fraction of sp³-hybridized carbons (Fsp3) is 0.381. The van der Waals surface area contributed by atoms with E-state index in [1.807, 2.05) is 6.07 Å². The number of rotatable bonds is 11. The summed E-state index contributed by atoms with van der Waals surface area (Å²) >= 11 is 0. The number of nitro groups is 1. The van der Waals surface area contributed by atoms with E-state index >= 15 is 0 Å². The van der Waals surface area contributed by atoms with Crippen molar-refractivity contribution in [3.05, 3.63) is 63.7 Å². The molecular formula is C21H27N3O5. The number of nitrogens with one attached hydrogen (secondary N) is 1. The summed E-state index contributed by atoms with van der Waals surface area (Å²) in [6.45, 7) is 7.73. The number of carbonyl (C=O) groups is 1. The zero-order valence-corrected chi connectivity index (χ0v) is 17.0. The predicted octanol–water partition coefficient (Wildman–Crippen LogP) is 3.25. The smallest absolute Gasteiger partial charge is 0.282 e.